The summed E-state index contributed by atoms with van der Waals surface area (Å²) in [5, 5.41) is 42.1. The van der Waals surface area contributed by atoms with Gasteiger partial charge in [0, 0.05) is 54.2 Å². The normalized spacial score (nSPS) is 23.3. The molecule has 1 fully saturated rings. The lowest BCUT2D eigenvalue weighted by Crippen LogP contribution is -2.45. The summed E-state index contributed by atoms with van der Waals surface area (Å²) < 4.78 is 24.7. The van der Waals surface area contributed by atoms with Crippen LogP contribution in [0.25, 0.3) is 0 Å². The third kappa shape index (κ3) is 6.91. The summed E-state index contributed by atoms with van der Waals surface area (Å²) in [6.45, 7) is 8.25. The number of aryl methyl sites for hydroxylation is 1. The summed E-state index contributed by atoms with van der Waals surface area (Å²) in [5.74, 6) is -2.09. The van der Waals surface area contributed by atoms with E-state index in [1.165, 1.54) is 13.8 Å². The topological polar surface area (TPSA) is 179 Å². The SMILES string of the molecule is C[C@H](O)C(=O)Nc1ccc(CN2C(=O)[C@]3(O[C@H](CCn4cc(CCO)nn4)[C@@H]([Si](C)(C)F)[C@@H]3C)c3cc(NC(=O)[C@H](C)O)ccc32)cc1. The van der Waals surface area contributed by atoms with Crippen molar-refractivity contribution < 1.29 is 38.5 Å². The highest BCUT2D eigenvalue weighted by atomic mass is 28.4. The van der Waals surface area contributed by atoms with Crippen molar-refractivity contribution in [2.75, 3.05) is 22.1 Å². The van der Waals surface area contributed by atoms with Gasteiger partial charge in [0.25, 0.3) is 17.7 Å². The fourth-order valence-corrected chi connectivity index (χ4v) is 9.40. The molecule has 0 radical (unpaired) electrons. The first kappa shape index (κ1) is 35.3. The number of aromatic nitrogens is 3. The number of carbonyl (C=O) groups excluding carboxylic acids is 3. The number of carbonyl (C=O) groups is 3. The minimum Gasteiger partial charge on any atom is -0.396 e. The number of ether oxygens (including phenoxy) is 1. The molecule has 48 heavy (non-hydrogen) atoms. The third-order valence-electron chi connectivity index (χ3n) is 9.15. The molecule has 15 heteroatoms. The predicted molar refractivity (Wildman–Crippen MR) is 178 cm³/mol. The van der Waals surface area contributed by atoms with Crippen LogP contribution in [0.4, 0.5) is 21.2 Å². The van der Waals surface area contributed by atoms with E-state index in [1.54, 1.807) is 71.3 Å². The molecule has 2 aromatic carbocycles. The third-order valence-corrected chi connectivity index (χ3v) is 11.6. The van der Waals surface area contributed by atoms with Gasteiger partial charge in [-0.05, 0) is 69.3 Å². The zero-order valence-corrected chi connectivity index (χ0v) is 28.7. The highest BCUT2D eigenvalue weighted by Crippen LogP contribution is 2.60. The molecule has 2 aliphatic rings. The molecule has 6 atom stereocenters. The fourth-order valence-electron chi connectivity index (χ4n) is 6.86. The summed E-state index contributed by atoms with van der Waals surface area (Å²) in [7, 11) is -3.45. The molecular weight excluding hydrogens is 639 g/mol. The van der Waals surface area contributed by atoms with Gasteiger partial charge in [-0.1, -0.05) is 24.3 Å². The lowest BCUT2D eigenvalue weighted by atomic mass is 9.82. The Balaban J connectivity index is 1.51. The Kier molecular flexibility index (Phi) is 10.2. The number of aliphatic hydroxyl groups excluding tert-OH is 3. The Labute approximate surface area is 279 Å². The average molecular weight is 683 g/mol. The largest absolute Gasteiger partial charge is 0.396 e. The number of anilines is 3. The number of hydrogen-bond donors (Lipinski definition) is 5. The van der Waals surface area contributed by atoms with Gasteiger partial charge in [0.2, 0.25) is 8.41 Å². The number of rotatable bonds is 12. The van der Waals surface area contributed by atoms with Crippen LogP contribution in [0.2, 0.25) is 18.6 Å². The zero-order valence-electron chi connectivity index (χ0n) is 27.7. The van der Waals surface area contributed by atoms with Crippen LogP contribution in [0, 0.1) is 5.92 Å². The first-order valence-electron chi connectivity index (χ1n) is 16.1. The van der Waals surface area contributed by atoms with E-state index in [0.29, 0.717) is 47.7 Å². The van der Waals surface area contributed by atoms with Gasteiger partial charge >= 0.3 is 0 Å². The molecule has 1 aromatic heterocycles. The van der Waals surface area contributed by atoms with Gasteiger partial charge in [-0.15, -0.1) is 5.10 Å². The number of halogens is 1. The van der Waals surface area contributed by atoms with Crippen molar-refractivity contribution in [3.8, 4) is 0 Å². The van der Waals surface area contributed by atoms with Gasteiger partial charge in [-0.3, -0.25) is 19.1 Å². The lowest BCUT2D eigenvalue weighted by molar-refractivity contribution is -0.146. The van der Waals surface area contributed by atoms with E-state index >= 15 is 4.11 Å². The van der Waals surface area contributed by atoms with Crippen molar-refractivity contribution in [2.24, 2.45) is 5.92 Å². The predicted octanol–water partition coefficient (Wildman–Crippen LogP) is 2.86. The van der Waals surface area contributed by atoms with E-state index < -0.39 is 55.6 Å². The molecule has 0 aliphatic carbocycles. The molecule has 3 heterocycles. The Morgan fingerprint density at radius 1 is 1.06 bits per heavy atom. The maximum Gasteiger partial charge on any atom is 0.264 e. The number of nitrogens with one attached hydrogen (secondary N) is 2. The van der Waals surface area contributed by atoms with E-state index in [4.69, 9.17) is 4.74 Å². The van der Waals surface area contributed by atoms with Gasteiger partial charge in [0.15, 0.2) is 5.60 Å². The van der Waals surface area contributed by atoms with Crippen LogP contribution in [-0.4, -0.2) is 81.4 Å². The standard InChI is InChI=1S/C33H43FN6O7Si/c1-19-29(48(4,5)34)28(12-14-39-18-25(13-15-41)37-38-39)47-33(19)26-16-24(36-31(45)21(3)43)10-11-27(26)40(32(33)46)17-22-6-8-23(9-7-22)35-30(44)20(2)42/h6-11,16,18-21,28-29,41-43H,12-15,17H2,1-5H3,(H,35,44)(H,36,45)/t19-,20-,21-,28+,29-,33+/m0/s1. The first-order chi connectivity index (χ1) is 22.6. The van der Waals surface area contributed by atoms with E-state index in [2.05, 4.69) is 20.9 Å². The highest BCUT2D eigenvalue weighted by Gasteiger charge is 2.66. The van der Waals surface area contributed by atoms with Gasteiger partial charge < -0.3 is 39.7 Å². The smallest absolute Gasteiger partial charge is 0.264 e. The highest BCUT2D eigenvalue weighted by molar-refractivity contribution is 6.72. The molecule has 3 aromatic rings. The minimum atomic E-state index is -3.45. The van der Waals surface area contributed by atoms with Crippen molar-refractivity contribution in [2.45, 2.75) is 89.3 Å². The molecule has 1 spiro atoms. The summed E-state index contributed by atoms with van der Waals surface area (Å²) in [6.07, 6.45) is -0.620. The van der Waals surface area contributed by atoms with Crippen molar-refractivity contribution >= 4 is 43.2 Å². The number of fused-ring (bicyclic) bond motifs is 2. The van der Waals surface area contributed by atoms with Crippen LogP contribution in [0.15, 0.2) is 48.7 Å². The van der Waals surface area contributed by atoms with Crippen molar-refractivity contribution in [1.82, 2.24) is 15.0 Å². The molecule has 0 bridgehead atoms. The van der Waals surface area contributed by atoms with Crippen molar-refractivity contribution in [3.05, 3.63) is 65.5 Å². The Bertz CT molecular complexity index is 1660. The maximum absolute atomic E-state index is 16.3. The molecule has 2 aliphatic heterocycles. The van der Waals surface area contributed by atoms with E-state index in [0.717, 1.165) is 5.56 Å². The average Bonchev–Trinajstić information content (AvgIpc) is 3.67. The summed E-state index contributed by atoms with van der Waals surface area (Å²) in [4.78, 5) is 40.7. The molecular formula is C33H43FN6O7Si. The summed E-state index contributed by atoms with van der Waals surface area (Å²) in [5.41, 5.74) is 1.15. The summed E-state index contributed by atoms with van der Waals surface area (Å²) >= 11 is 0. The molecule has 258 valence electrons. The second kappa shape index (κ2) is 13.8. The van der Waals surface area contributed by atoms with E-state index in [9.17, 15) is 29.7 Å². The first-order valence-corrected chi connectivity index (χ1v) is 19.0. The maximum atomic E-state index is 16.3. The number of aliphatic hydroxyl groups is 3. The molecule has 3 amide bonds. The molecule has 13 nitrogen and oxygen atoms in total. The van der Waals surface area contributed by atoms with Crippen molar-refractivity contribution in [3.63, 3.8) is 0 Å². The molecule has 5 N–H and O–H groups in total. The Hall–Kier alpha value is -4.02. The monoisotopic (exact) mass is 682 g/mol. The fraction of sp³-hybridized carbons (Fsp3) is 0.485. The minimum absolute atomic E-state index is 0.0600. The van der Waals surface area contributed by atoms with Gasteiger partial charge in [-0.25, -0.2) is 0 Å². The summed E-state index contributed by atoms with van der Waals surface area (Å²) in [6, 6.07) is 11.9. The van der Waals surface area contributed by atoms with E-state index in [1.807, 2.05) is 6.92 Å². The quantitative estimate of drug-likeness (QED) is 0.142. The zero-order chi connectivity index (χ0) is 35.0. The van der Waals surface area contributed by atoms with Gasteiger partial charge in [0.05, 0.1) is 24.0 Å². The molecule has 0 unspecified atom stereocenters. The van der Waals surface area contributed by atoms with Crippen LogP contribution >= 0.6 is 0 Å². The number of nitrogens with zero attached hydrogens (tertiary/aromatic N) is 4. The van der Waals surface area contributed by atoms with Crippen LogP contribution in [-0.2, 0) is 44.2 Å². The Morgan fingerprint density at radius 2 is 1.69 bits per heavy atom. The molecule has 1 saturated heterocycles. The van der Waals surface area contributed by atoms with E-state index in [-0.39, 0.29) is 19.1 Å². The van der Waals surface area contributed by atoms with Crippen LogP contribution in [0.1, 0.15) is 44.0 Å². The van der Waals surface area contributed by atoms with Crippen molar-refractivity contribution in [1.29, 1.82) is 0 Å². The Morgan fingerprint density at radius 3 is 2.29 bits per heavy atom. The van der Waals surface area contributed by atoms with Gasteiger partial charge in [-0.2, -0.15) is 0 Å². The number of hydrogen-bond acceptors (Lipinski definition) is 9. The van der Waals surface area contributed by atoms with Crippen LogP contribution in [0.3, 0.4) is 0 Å². The van der Waals surface area contributed by atoms with Gasteiger partial charge in [0.1, 0.15) is 12.2 Å². The lowest BCUT2D eigenvalue weighted by Gasteiger charge is -2.31. The number of benzene rings is 2. The number of amides is 3. The molecule has 0 saturated carbocycles. The second-order valence-electron chi connectivity index (χ2n) is 13.2. The van der Waals surface area contributed by atoms with Crippen LogP contribution < -0.4 is 15.5 Å². The molecule has 5 rings (SSSR count). The second-order valence-corrected chi connectivity index (χ2v) is 17.0. The van der Waals surface area contributed by atoms with Crippen LogP contribution in [0.5, 0.6) is 0 Å².